The van der Waals surface area contributed by atoms with Crippen molar-refractivity contribution in [3.63, 3.8) is 0 Å². The fraction of sp³-hybridized carbons (Fsp3) is 0.143. The maximum Gasteiger partial charge on any atom is 0.162 e. The fourth-order valence-electron chi connectivity index (χ4n) is 0.911. The van der Waals surface area contributed by atoms with Crippen LogP contribution in [0.3, 0.4) is 0 Å². The molecule has 0 fully saturated rings. The van der Waals surface area contributed by atoms with E-state index in [1.54, 1.807) is 12.1 Å². The number of halogens is 2. The van der Waals surface area contributed by atoms with E-state index in [2.05, 4.69) is 31.9 Å². The third-order valence-corrected chi connectivity index (χ3v) is 2.53. The van der Waals surface area contributed by atoms with Gasteiger partial charge in [0.15, 0.2) is 10.7 Å². The molecule has 0 atom stereocenters. The molecule has 5 nitrogen and oxygen atoms in total. The third kappa shape index (κ3) is 2.58. The molecule has 0 aliphatic heterocycles. The van der Waals surface area contributed by atoms with E-state index in [-0.39, 0.29) is 0 Å². The molecule has 1 rings (SSSR count). The van der Waals surface area contributed by atoms with Gasteiger partial charge in [-0.3, -0.25) is 0 Å². The van der Waals surface area contributed by atoms with Gasteiger partial charge in [0.25, 0.3) is 0 Å². The van der Waals surface area contributed by atoms with Crippen LogP contribution >= 0.6 is 31.9 Å². The van der Waals surface area contributed by atoms with Gasteiger partial charge in [-0.1, -0.05) is 15.9 Å². The van der Waals surface area contributed by atoms with Crippen molar-refractivity contribution < 1.29 is 9.77 Å². The second-order valence-corrected chi connectivity index (χ2v) is 4.10. The summed E-state index contributed by atoms with van der Waals surface area (Å²) in [6, 6.07) is 3.32. The lowest BCUT2D eigenvalue weighted by atomic mass is 10.3. The molecule has 14 heavy (non-hydrogen) atoms. The Morgan fingerprint density at radius 2 is 2.14 bits per heavy atom. The van der Waals surface area contributed by atoms with Crippen LogP contribution in [-0.4, -0.2) is 12.1 Å². The second-order valence-electron chi connectivity index (χ2n) is 2.33. The first-order valence-corrected chi connectivity index (χ1v) is 5.07. The molecule has 0 radical (unpaired) electrons. The number of anilines is 1. The number of hydrogen-bond donors (Lipinski definition) is 1. The van der Waals surface area contributed by atoms with Crippen molar-refractivity contribution in [1.29, 1.82) is 0 Å². The number of benzene rings is 1. The van der Waals surface area contributed by atoms with Gasteiger partial charge in [0.1, 0.15) is 5.75 Å². The van der Waals surface area contributed by atoms with Gasteiger partial charge in [-0.05, 0) is 28.1 Å². The lowest BCUT2D eigenvalue weighted by Crippen LogP contribution is -2.09. The van der Waals surface area contributed by atoms with Gasteiger partial charge >= 0.3 is 0 Å². The minimum Gasteiger partial charge on any atom is -0.494 e. The van der Waals surface area contributed by atoms with Gasteiger partial charge in [0.05, 0.1) is 11.6 Å². The SMILES string of the molecule is COc1cc(Br)cc(Br)c1N[N+](=O)[O-]. The molecule has 0 aliphatic carbocycles. The van der Waals surface area contributed by atoms with Gasteiger partial charge in [-0.15, -0.1) is 5.43 Å². The number of ether oxygens (including phenoxy) is 1. The number of nitrogens with one attached hydrogen (secondary N) is 1. The van der Waals surface area contributed by atoms with Crippen molar-refractivity contribution in [3.05, 3.63) is 31.2 Å². The summed E-state index contributed by atoms with van der Waals surface area (Å²) in [5, 5.41) is 9.64. The topological polar surface area (TPSA) is 64.4 Å². The van der Waals surface area contributed by atoms with Crippen molar-refractivity contribution in [3.8, 4) is 5.75 Å². The largest absolute Gasteiger partial charge is 0.494 e. The smallest absolute Gasteiger partial charge is 0.162 e. The number of rotatable bonds is 3. The van der Waals surface area contributed by atoms with E-state index in [9.17, 15) is 10.1 Å². The highest BCUT2D eigenvalue weighted by Crippen LogP contribution is 2.35. The molecule has 0 heterocycles. The summed E-state index contributed by atoms with van der Waals surface area (Å²) in [5.74, 6) is 0.392. The predicted molar refractivity (Wildman–Crippen MR) is 59.0 cm³/mol. The maximum atomic E-state index is 10.3. The van der Waals surface area contributed by atoms with Gasteiger partial charge in [-0.2, -0.15) is 0 Å². The molecule has 0 aromatic heterocycles. The van der Waals surface area contributed by atoms with Crippen molar-refractivity contribution >= 4 is 37.5 Å². The minimum atomic E-state index is -0.642. The molecule has 0 bridgehead atoms. The van der Waals surface area contributed by atoms with Crippen LogP contribution in [0.15, 0.2) is 21.1 Å². The highest BCUT2D eigenvalue weighted by molar-refractivity contribution is 9.11. The summed E-state index contributed by atoms with van der Waals surface area (Å²) < 4.78 is 6.31. The van der Waals surface area contributed by atoms with E-state index in [1.807, 2.05) is 5.43 Å². The van der Waals surface area contributed by atoms with Gasteiger partial charge in [0, 0.05) is 4.47 Å². The summed E-state index contributed by atoms with van der Waals surface area (Å²) in [7, 11) is 1.44. The molecule has 0 saturated carbocycles. The van der Waals surface area contributed by atoms with Crippen LogP contribution in [0.1, 0.15) is 0 Å². The summed E-state index contributed by atoms with van der Waals surface area (Å²) in [4.78, 5) is 10.3. The van der Waals surface area contributed by atoms with Crippen molar-refractivity contribution in [2.75, 3.05) is 12.5 Å². The van der Waals surface area contributed by atoms with Crippen LogP contribution in [0, 0.1) is 10.1 Å². The normalized spacial score (nSPS) is 9.64. The Kier molecular flexibility index (Phi) is 3.70. The van der Waals surface area contributed by atoms with E-state index in [0.29, 0.717) is 15.9 Å². The molecule has 0 spiro atoms. The van der Waals surface area contributed by atoms with E-state index in [4.69, 9.17) is 4.74 Å². The third-order valence-electron chi connectivity index (χ3n) is 1.44. The van der Waals surface area contributed by atoms with Crippen molar-refractivity contribution in [1.82, 2.24) is 0 Å². The number of nitrogens with zero attached hydrogens (tertiary/aromatic N) is 1. The van der Waals surface area contributed by atoms with Gasteiger partial charge in [0.2, 0.25) is 0 Å². The van der Waals surface area contributed by atoms with Crippen LogP contribution in [0.25, 0.3) is 0 Å². The highest BCUT2D eigenvalue weighted by Gasteiger charge is 2.13. The molecule has 0 unspecified atom stereocenters. The first-order valence-electron chi connectivity index (χ1n) is 3.48. The van der Waals surface area contributed by atoms with Crippen LogP contribution < -0.4 is 10.2 Å². The Morgan fingerprint density at radius 1 is 1.50 bits per heavy atom. The van der Waals surface area contributed by atoms with Gasteiger partial charge in [-0.25, -0.2) is 10.1 Å². The fourth-order valence-corrected chi connectivity index (χ4v) is 2.19. The molecule has 0 saturated heterocycles. The van der Waals surface area contributed by atoms with Crippen molar-refractivity contribution in [2.24, 2.45) is 0 Å². The summed E-state index contributed by atoms with van der Waals surface area (Å²) in [6.07, 6.45) is 0. The molecule has 76 valence electrons. The van der Waals surface area contributed by atoms with Crippen LogP contribution in [0.2, 0.25) is 0 Å². The van der Waals surface area contributed by atoms with E-state index >= 15 is 0 Å². The number of nitro groups is 1. The van der Waals surface area contributed by atoms with E-state index in [0.717, 1.165) is 4.47 Å². The molecular weight excluding hydrogens is 320 g/mol. The maximum absolute atomic E-state index is 10.3. The van der Waals surface area contributed by atoms with E-state index < -0.39 is 5.03 Å². The van der Waals surface area contributed by atoms with Crippen LogP contribution in [0.5, 0.6) is 5.75 Å². The standard InChI is InChI=1S/C7H6Br2N2O3/c1-14-6-3-4(8)2-5(9)7(6)10-11(12)13/h2-3,10H,1H3. The number of methoxy groups -OCH3 is 1. The first kappa shape index (κ1) is 11.3. The number of hydrogen-bond acceptors (Lipinski definition) is 3. The zero-order valence-corrected chi connectivity index (χ0v) is 10.3. The van der Waals surface area contributed by atoms with Crippen LogP contribution in [0.4, 0.5) is 5.69 Å². The Morgan fingerprint density at radius 3 is 2.64 bits per heavy atom. The predicted octanol–water partition coefficient (Wildman–Crippen LogP) is 2.82. The summed E-state index contributed by atoms with van der Waals surface area (Å²) in [6.45, 7) is 0. The molecule has 0 amide bonds. The highest BCUT2D eigenvalue weighted by atomic mass is 79.9. The molecule has 0 aliphatic rings. The Hall–Kier alpha value is -0.820. The molecule has 7 heteroatoms. The van der Waals surface area contributed by atoms with E-state index in [1.165, 1.54) is 7.11 Å². The quantitative estimate of drug-likeness (QED) is 0.685. The molecule has 1 N–H and O–H groups in total. The lowest BCUT2D eigenvalue weighted by Gasteiger charge is -2.07. The van der Waals surface area contributed by atoms with Crippen molar-refractivity contribution in [2.45, 2.75) is 0 Å². The Labute approximate surface area is 96.8 Å². The summed E-state index contributed by atoms with van der Waals surface area (Å²) >= 11 is 6.44. The second kappa shape index (κ2) is 4.61. The lowest BCUT2D eigenvalue weighted by molar-refractivity contribution is -0.445. The molecule has 1 aromatic carbocycles. The zero-order chi connectivity index (χ0) is 10.7. The monoisotopic (exact) mass is 324 g/mol. The summed E-state index contributed by atoms with van der Waals surface area (Å²) in [5.41, 5.74) is 2.34. The average Bonchev–Trinajstić information content (AvgIpc) is 2.08. The zero-order valence-electron chi connectivity index (χ0n) is 7.08. The molecule has 1 aromatic rings. The van der Waals surface area contributed by atoms with Crippen LogP contribution in [-0.2, 0) is 0 Å². The average molecular weight is 326 g/mol. The molecular formula is C7H6Br2N2O3. The number of hydrazine groups is 1. The Balaban J connectivity index is 3.18. The first-order chi connectivity index (χ1) is 6.54. The van der Waals surface area contributed by atoms with Gasteiger partial charge < -0.3 is 4.74 Å². The minimum absolute atomic E-state index is 0.292. The Bertz CT molecular complexity index is 370.